The van der Waals surface area contributed by atoms with Gasteiger partial charge in [-0.25, -0.2) is 4.79 Å². The highest BCUT2D eigenvalue weighted by molar-refractivity contribution is 5.87. The summed E-state index contributed by atoms with van der Waals surface area (Å²) in [6.07, 6.45) is 0.682. The lowest BCUT2D eigenvalue weighted by Crippen LogP contribution is -2.37. The minimum absolute atomic E-state index is 0.309. The number of H-pyrrole nitrogens is 1. The number of primary amides is 1. The number of nitrogen functional groups attached to an aromatic ring is 1. The van der Waals surface area contributed by atoms with E-state index in [-0.39, 0.29) is 5.91 Å². The summed E-state index contributed by atoms with van der Waals surface area (Å²) >= 11 is 0. The Labute approximate surface area is 114 Å². The van der Waals surface area contributed by atoms with Crippen molar-refractivity contribution in [1.82, 2.24) is 4.98 Å². The van der Waals surface area contributed by atoms with Gasteiger partial charge in [0.1, 0.15) is 0 Å². The molecule has 0 radical (unpaired) electrons. The maximum Gasteiger partial charge on any atom is 0.417 e. The van der Waals surface area contributed by atoms with E-state index in [4.69, 9.17) is 15.9 Å². The second-order valence-corrected chi connectivity index (χ2v) is 5.52. The zero-order valence-electron chi connectivity index (χ0n) is 11.1. The van der Waals surface area contributed by atoms with E-state index in [1.807, 2.05) is 11.8 Å². The molecule has 0 spiro atoms. The standard InChI is InChI=1S/C13H16N4O3/c1-13(11(15)18)2-3-17(6-13)9-5-8-10(4-7(9)14)20-12(19)16-8/h4-5H,2-3,6,14H2,1H3,(H2,15,18)(H,16,19). The number of aromatic amines is 1. The van der Waals surface area contributed by atoms with Crippen LogP contribution in [0.1, 0.15) is 13.3 Å². The molecule has 20 heavy (non-hydrogen) atoms. The minimum Gasteiger partial charge on any atom is -0.408 e. The summed E-state index contributed by atoms with van der Waals surface area (Å²) in [5.74, 6) is -0.823. The molecule has 106 valence electrons. The van der Waals surface area contributed by atoms with Crippen molar-refractivity contribution < 1.29 is 9.21 Å². The largest absolute Gasteiger partial charge is 0.417 e. The Morgan fingerprint density at radius 3 is 2.90 bits per heavy atom. The Kier molecular flexibility index (Phi) is 2.53. The van der Waals surface area contributed by atoms with Crippen molar-refractivity contribution in [1.29, 1.82) is 0 Å². The molecular formula is C13H16N4O3. The van der Waals surface area contributed by atoms with Crippen LogP contribution in [-0.4, -0.2) is 24.0 Å². The number of rotatable bonds is 2. The van der Waals surface area contributed by atoms with Gasteiger partial charge in [0.2, 0.25) is 5.91 Å². The van der Waals surface area contributed by atoms with Crippen molar-refractivity contribution in [2.45, 2.75) is 13.3 Å². The smallest absolute Gasteiger partial charge is 0.408 e. The summed E-state index contributed by atoms with van der Waals surface area (Å²) in [4.78, 5) is 27.3. The fraction of sp³-hybridized carbons (Fsp3) is 0.385. The third-order valence-corrected chi connectivity index (χ3v) is 3.98. The van der Waals surface area contributed by atoms with Gasteiger partial charge >= 0.3 is 5.76 Å². The lowest BCUT2D eigenvalue weighted by atomic mass is 9.89. The van der Waals surface area contributed by atoms with Gasteiger partial charge in [0.25, 0.3) is 0 Å². The van der Waals surface area contributed by atoms with Crippen LogP contribution in [0.5, 0.6) is 0 Å². The Morgan fingerprint density at radius 1 is 1.50 bits per heavy atom. The van der Waals surface area contributed by atoms with Crippen LogP contribution in [0.4, 0.5) is 11.4 Å². The van der Waals surface area contributed by atoms with Crippen LogP contribution in [0.3, 0.4) is 0 Å². The molecule has 0 aliphatic carbocycles. The number of amides is 1. The van der Waals surface area contributed by atoms with E-state index < -0.39 is 11.2 Å². The van der Waals surface area contributed by atoms with Crippen molar-refractivity contribution >= 4 is 28.4 Å². The monoisotopic (exact) mass is 276 g/mol. The number of carbonyl (C=O) groups is 1. The van der Waals surface area contributed by atoms with E-state index in [0.29, 0.717) is 36.3 Å². The molecule has 0 saturated carbocycles. The molecule has 5 N–H and O–H groups in total. The number of nitrogens with two attached hydrogens (primary N) is 2. The molecule has 1 aromatic carbocycles. The van der Waals surface area contributed by atoms with E-state index >= 15 is 0 Å². The predicted octanol–water partition coefficient (Wildman–Crippen LogP) is 0.405. The van der Waals surface area contributed by atoms with Crippen LogP contribution >= 0.6 is 0 Å². The SMILES string of the molecule is CC1(C(N)=O)CCN(c2cc3[nH]c(=O)oc3cc2N)C1. The molecule has 1 aromatic heterocycles. The van der Waals surface area contributed by atoms with Crippen molar-refractivity contribution in [3.05, 3.63) is 22.7 Å². The fourth-order valence-electron chi connectivity index (χ4n) is 2.64. The summed E-state index contributed by atoms with van der Waals surface area (Å²) < 4.78 is 4.96. The highest BCUT2D eigenvalue weighted by Gasteiger charge is 2.39. The zero-order valence-corrected chi connectivity index (χ0v) is 11.1. The van der Waals surface area contributed by atoms with E-state index in [1.54, 1.807) is 12.1 Å². The Bertz CT molecular complexity index is 748. The van der Waals surface area contributed by atoms with Crippen LogP contribution in [0.15, 0.2) is 21.3 Å². The van der Waals surface area contributed by atoms with Gasteiger partial charge in [0, 0.05) is 19.2 Å². The first kappa shape index (κ1) is 12.6. The third-order valence-electron chi connectivity index (χ3n) is 3.98. The van der Waals surface area contributed by atoms with Crippen molar-refractivity contribution in [2.75, 3.05) is 23.7 Å². The second-order valence-electron chi connectivity index (χ2n) is 5.52. The molecule has 1 aliphatic rings. The molecule has 1 unspecified atom stereocenters. The topological polar surface area (TPSA) is 118 Å². The number of nitrogens with one attached hydrogen (secondary N) is 1. The molecule has 1 amide bonds. The first-order chi connectivity index (χ1) is 9.39. The van der Waals surface area contributed by atoms with E-state index in [2.05, 4.69) is 4.98 Å². The Morgan fingerprint density at radius 2 is 2.25 bits per heavy atom. The van der Waals surface area contributed by atoms with Gasteiger partial charge in [-0.2, -0.15) is 0 Å². The van der Waals surface area contributed by atoms with Gasteiger partial charge in [0.05, 0.1) is 22.3 Å². The fourth-order valence-corrected chi connectivity index (χ4v) is 2.64. The number of fused-ring (bicyclic) bond motifs is 1. The lowest BCUT2D eigenvalue weighted by molar-refractivity contribution is -0.125. The number of nitrogens with zero attached hydrogens (tertiary/aromatic N) is 1. The van der Waals surface area contributed by atoms with Crippen LogP contribution in [0.2, 0.25) is 0 Å². The van der Waals surface area contributed by atoms with Crippen molar-refractivity contribution in [3.63, 3.8) is 0 Å². The van der Waals surface area contributed by atoms with E-state index in [9.17, 15) is 9.59 Å². The average molecular weight is 276 g/mol. The number of aromatic nitrogens is 1. The third kappa shape index (κ3) is 1.82. The van der Waals surface area contributed by atoms with Crippen molar-refractivity contribution in [2.24, 2.45) is 11.1 Å². The molecule has 2 heterocycles. The van der Waals surface area contributed by atoms with Crippen LogP contribution in [0, 0.1) is 5.41 Å². The highest BCUT2D eigenvalue weighted by atomic mass is 16.4. The number of anilines is 2. The van der Waals surface area contributed by atoms with Gasteiger partial charge in [-0.1, -0.05) is 0 Å². The quantitative estimate of drug-likeness (QED) is 0.686. The summed E-state index contributed by atoms with van der Waals surface area (Å²) in [5.41, 5.74) is 13.2. The van der Waals surface area contributed by atoms with Gasteiger partial charge in [0.15, 0.2) is 5.58 Å². The molecule has 1 fully saturated rings. The minimum atomic E-state index is -0.550. The van der Waals surface area contributed by atoms with Gasteiger partial charge in [-0.15, -0.1) is 0 Å². The maximum atomic E-state index is 11.5. The van der Waals surface area contributed by atoms with E-state index in [1.165, 1.54) is 0 Å². The number of hydrogen-bond acceptors (Lipinski definition) is 5. The maximum absolute atomic E-state index is 11.5. The molecule has 1 atom stereocenters. The normalized spacial score (nSPS) is 22.6. The average Bonchev–Trinajstić information content (AvgIpc) is 2.91. The van der Waals surface area contributed by atoms with Crippen LogP contribution in [-0.2, 0) is 4.79 Å². The van der Waals surface area contributed by atoms with Crippen molar-refractivity contribution in [3.8, 4) is 0 Å². The first-order valence-corrected chi connectivity index (χ1v) is 6.36. The summed E-state index contributed by atoms with van der Waals surface area (Å²) in [5, 5.41) is 0. The molecule has 7 heteroatoms. The summed E-state index contributed by atoms with van der Waals surface area (Å²) in [7, 11) is 0. The molecule has 0 bridgehead atoms. The number of benzene rings is 1. The van der Waals surface area contributed by atoms with Crippen LogP contribution < -0.4 is 22.1 Å². The van der Waals surface area contributed by atoms with E-state index in [0.717, 1.165) is 5.69 Å². The van der Waals surface area contributed by atoms with Gasteiger partial charge in [-0.05, 0) is 19.4 Å². The molecule has 7 nitrogen and oxygen atoms in total. The molecule has 1 saturated heterocycles. The summed E-state index contributed by atoms with van der Waals surface area (Å²) in [6.45, 7) is 3.06. The Balaban J connectivity index is 2.01. The zero-order chi connectivity index (χ0) is 14.5. The summed E-state index contributed by atoms with van der Waals surface area (Å²) in [6, 6.07) is 3.38. The first-order valence-electron chi connectivity index (χ1n) is 6.36. The predicted molar refractivity (Wildman–Crippen MR) is 75.4 cm³/mol. The van der Waals surface area contributed by atoms with Crippen LogP contribution in [0.25, 0.3) is 11.1 Å². The van der Waals surface area contributed by atoms with Gasteiger partial charge < -0.3 is 20.8 Å². The number of carbonyl (C=O) groups excluding carboxylic acids is 1. The number of oxazole rings is 1. The lowest BCUT2D eigenvalue weighted by Gasteiger charge is -2.23. The Hall–Kier alpha value is -2.44. The van der Waals surface area contributed by atoms with Gasteiger partial charge in [-0.3, -0.25) is 9.78 Å². The molecule has 2 aromatic rings. The molecular weight excluding hydrogens is 260 g/mol. The molecule has 1 aliphatic heterocycles. The number of hydrogen-bond donors (Lipinski definition) is 3. The molecule has 3 rings (SSSR count). The second kappa shape index (κ2) is 4.03. The highest BCUT2D eigenvalue weighted by Crippen LogP contribution is 2.36.